The number of halogens is 2. The zero-order valence-electron chi connectivity index (χ0n) is 15.7. The molecule has 0 aliphatic heterocycles. The van der Waals surface area contributed by atoms with Crippen LogP contribution in [0.4, 0.5) is 14.7 Å². The minimum absolute atomic E-state index is 0.0306. The van der Waals surface area contributed by atoms with E-state index in [0.717, 1.165) is 5.56 Å². The molecule has 28 heavy (non-hydrogen) atoms. The van der Waals surface area contributed by atoms with Crippen molar-refractivity contribution < 1.29 is 13.5 Å². The third-order valence-corrected chi connectivity index (χ3v) is 4.24. The van der Waals surface area contributed by atoms with Gasteiger partial charge in [0.15, 0.2) is 0 Å². The van der Waals surface area contributed by atoms with Crippen LogP contribution in [-0.4, -0.2) is 21.9 Å². The molecule has 0 spiro atoms. The number of fused-ring (bicyclic) bond motifs is 1. The number of nitrogens with zero attached hydrogens (tertiary/aromatic N) is 3. The Balaban J connectivity index is 2.00. The number of aryl methyl sites for hydroxylation is 1. The van der Waals surface area contributed by atoms with E-state index in [2.05, 4.69) is 20.2 Å². The Bertz CT molecular complexity index is 1090. The van der Waals surface area contributed by atoms with Crippen LogP contribution in [0.15, 0.2) is 52.4 Å². The van der Waals surface area contributed by atoms with Gasteiger partial charge in [-0.15, -0.1) is 0 Å². The Morgan fingerprint density at radius 1 is 1.29 bits per heavy atom. The summed E-state index contributed by atoms with van der Waals surface area (Å²) in [5.41, 5.74) is 4.88. The van der Waals surface area contributed by atoms with Crippen LogP contribution in [0.25, 0.3) is 10.9 Å². The van der Waals surface area contributed by atoms with Crippen molar-refractivity contribution in [3.8, 4) is 5.75 Å². The summed E-state index contributed by atoms with van der Waals surface area (Å²) in [7, 11) is 0. The van der Waals surface area contributed by atoms with E-state index in [-0.39, 0.29) is 17.3 Å². The predicted octanol–water partition coefficient (Wildman–Crippen LogP) is 4.16. The molecule has 1 aromatic heterocycles. The molecule has 2 aromatic carbocycles. The SMILES string of the molecule is CCn1c(N/N=C(/C)c2cc(C)ccc2OC(F)F)nc2ccccc2c1=O. The molecular formula is C20H20F2N4O2. The van der Waals surface area contributed by atoms with Crippen LogP contribution in [0, 0.1) is 6.92 Å². The summed E-state index contributed by atoms with van der Waals surface area (Å²) in [5.74, 6) is 0.303. The van der Waals surface area contributed by atoms with Crippen molar-refractivity contribution >= 4 is 22.6 Å². The lowest BCUT2D eigenvalue weighted by Gasteiger charge is -2.13. The van der Waals surface area contributed by atoms with Crippen LogP contribution in [0.5, 0.6) is 5.75 Å². The maximum absolute atomic E-state index is 12.7. The summed E-state index contributed by atoms with van der Waals surface area (Å²) < 4.78 is 31.4. The number of hydrazone groups is 1. The number of rotatable bonds is 6. The van der Waals surface area contributed by atoms with Crippen molar-refractivity contribution in [2.75, 3.05) is 5.43 Å². The zero-order valence-corrected chi connectivity index (χ0v) is 15.7. The van der Waals surface area contributed by atoms with Crippen LogP contribution in [0.1, 0.15) is 25.0 Å². The molecule has 0 bridgehead atoms. The number of anilines is 1. The largest absolute Gasteiger partial charge is 0.434 e. The van der Waals surface area contributed by atoms with Crippen LogP contribution < -0.4 is 15.7 Å². The van der Waals surface area contributed by atoms with Crippen molar-refractivity contribution in [3.05, 3.63) is 63.9 Å². The van der Waals surface area contributed by atoms with Crippen LogP contribution >= 0.6 is 0 Å². The second-order valence-electron chi connectivity index (χ2n) is 6.19. The molecule has 3 rings (SSSR count). The minimum Gasteiger partial charge on any atom is -0.434 e. The molecule has 8 heteroatoms. The minimum atomic E-state index is -2.94. The van der Waals surface area contributed by atoms with Gasteiger partial charge in [0.05, 0.1) is 16.6 Å². The highest BCUT2D eigenvalue weighted by molar-refractivity contribution is 6.01. The fourth-order valence-corrected chi connectivity index (χ4v) is 2.87. The summed E-state index contributed by atoms with van der Waals surface area (Å²) in [5, 5.41) is 4.77. The molecule has 6 nitrogen and oxygen atoms in total. The average Bonchev–Trinajstić information content (AvgIpc) is 2.67. The van der Waals surface area contributed by atoms with Gasteiger partial charge in [-0.05, 0) is 45.0 Å². The first-order valence-corrected chi connectivity index (χ1v) is 8.76. The van der Waals surface area contributed by atoms with Crippen molar-refractivity contribution in [1.82, 2.24) is 9.55 Å². The first-order valence-electron chi connectivity index (χ1n) is 8.76. The fraction of sp³-hybridized carbons (Fsp3) is 0.250. The molecule has 0 saturated heterocycles. The average molecular weight is 386 g/mol. The monoisotopic (exact) mass is 386 g/mol. The molecule has 0 unspecified atom stereocenters. The number of hydrogen-bond donors (Lipinski definition) is 1. The lowest BCUT2D eigenvalue weighted by atomic mass is 10.1. The van der Waals surface area contributed by atoms with Crippen LogP contribution in [0.3, 0.4) is 0 Å². The van der Waals surface area contributed by atoms with Gasteiger partial charge >= 0.3 is 6.61 Å². The molecule has 0 aliphatic carbocycles. The second-order valence-corrected chi connectivity index (χ2v) is 6.19. The maximum Gasteiger partial charge on any atom is 0.387 e. The molecule has 0 radical (unpaired) electrons. The molecule has 1 N–H and O–H groups in total. The molecule has 3 aromatic rings. The summed E-state index contributed by atoms with van der Waals surface area (Å²) >= 11 is 0. The normalized spacial score (nSPS) is 11.9. The summed E-state index contributed by atoms with van der Waals surface area (Å²) in [6, 6.07) is 11.9. The molecule has 146 valence electrons. The van der Waals surface area contributed by atoms with E-state index in [1.807, 2.05) is 13.8 Å². The highest BCUT2D eigenvalue weighted by Gasteiger charge is 2.13. The van der Waals surface area contributed by atoms with Gasteiger partial charge in [0.25, 0.3) is 5.56 Å². The second kappa shape index (κ2) is 8.16. The first-order chi connectivity index (χ1) is 13.4. The van der Waals surface area contributed by atoms with E-state index in [4.69, 9.17) is 0 Å². The van der Waals surface area contributed by atoms with Crippen LogP contribution in [0.2, 0.25) is 0 Å². The zero-order chi connectivity index (χ0) is 20.3. The van der Waals surface area contributed by atoms with Crippen molar-refractivity contribution in [2.24, 2.45) is 5.10 Å². The third-order valence-electron chi connectivity index (χ3n) is 4.24. The fourth-order valence-electron chi connectivity index (χ4n) is 2.87. The van der Waals surface area contributed by atoms with E-state index in [1.54, 1.807) is 43.3 Å². The Hall–Kier alpha value is -3.29. The van der Waals surface area contributed by atoms with Gasteiger partial charge in [0.1, 0.15) is 5.75 Å². The van der Waals surface area contributed by atoms with Crippen molar-refractivity contribution in [1.29, 1.82) is 0 Å². The maximum atomic E-state index is 12.7. The Morgan fingerprint density at radius 2 is 2.04 bits per heavy atom. The Kier molecular flexibility index (Phi) is 5.67. The first kappa shape index (κ1) is 19.5. The van der Waals surface area contributed by atoms with E-state index in [9.17, 15) is 13.6 Å². The van der Waals surface area contributed by atoms with Gasteiger partial charge < -0.3 is 4.74 Å². The summed E-state index contributed by atoms with van der Waals surface area (Å²) in [4.78, 5) is 17.1. The number of ether oxygens (including phenoxy) is 1. The van der Waals surface area contributed by atoms with Gasteiger partial charge in [-0.3, -0.25) is 9.36 Å². The Morgan fingerprint density at radius 3 is 2.75 bits per heavy atom. The van der Waals surface area contributed by atoms with E-state index < -0.39 is 6.61 Å². The quantitative estimate of drug-likeness (QED) is 0.510. The number of hydrogen-bond acceptors (Lipinski definition) is 5. The number of para-hydroxylation sites is 1. The number of benzene rings is 2. The molecule has 0 aliphatic rings. The smallest absolute Gasteiger partial charge is 0.387 e. The number of nitrogens with one attached hydrogen (secondary N) is 1. The Labute approximate surface area is 160 Å². The topological polar surface area (TPSA) is 68.5 Å². The lowest BCUT2D eigenvalue weighted by molar-refractivity contribution is -0.0499. The van der Waals surface area contributed by atoms with Gasteiger partial charge in [-0.1, -0.05) is 23.8 Å². The van der Waals surface area contributed by atoms with Gasteiger partial charge in [0.2, 0.25) is 5.95 Å². The highest BCUT2D eigenvalue weighted by atomic mass is 19.3. The standard InChI is InChI=1S/C20H20F2N4O2/c1-4-26-18(27)14-7-5-6-8-16(14)23-20(26)25-24-13(3)15-11-12(2)9-10-17(15)28-19(21)22/h5-11,19H,4H2,1-3H3,(H,23,25)/b24-13-. The van der Waals surface area contributed by atoms with Crippen LogP contribution in [-0.2, 0) is 6.54 Å². The number of alkyl halides is 2. The molecular weight excluding hydrogens is 366 g/mol. The molecule has 0 saturated carbocycles. The molecule has 0 fully saturated rings. The molecule has 1 heterocycles. The van der Waals surface area contributed by atoms with Crippen molar-refractivity contribution in [2.45, 2.75) is 33.9 Å². The molecule has 0 atom stereocenters. The van der Waals surface area contributed by atoms with E-state index >= 15 is 0 Å². The van der Waals surface area contributed by atoms with Gasteiger partial charge in [0, 0.05) is 12.1 Å². The summed E-state index contributed by atoms with van der Waals surface area (Å²) in [6.07, 6.45) is 0. The summed E-state index contributed by atoms with van der Waals surface area (Å²) in [6.45, 7) is 2.80. The predicted molar refractivity (Wildman–Crippen MR) is 105 cm³/mol. The number of aromatic nitrogens is 2. The van der Waals surface area contributed by atoms with Gasteiger partial charge in [-0.2, -0.15) is 13.9 Å². The van der Waals surface area contributed by atoms with Crippen molar-refractivity contribution in [3.63, 3.8) is 0 Å². The lowest BCUT2D eigenvalue weighted by Crippen LogP contribution is -2.23. The third kappa shape index (κ3) is 4.00. The molecule has 0 amide bonds. The van der Waals surface area contributed by atoms with E-state index in [1.165, 1.54) is 10.6 Å². The van der Waals surface area contributed by atoms with Gasteiger partial charge in [-0.25, -0.2) is 10.4 Å². The highest BCUT2D eigenvalue weighted by Crippen LogP contribution is 2.23. The van der Waals surface area contributed by atoms with E-state index in [0.29, 0.717) is 28.7 Å².